The summed E-state index contributed by atoms with van der Waals surface area (Å²) in [6.45, 7) is 0.300. The van der Waals surface area contributed by atoms with E-state index in [4.69, 9.17) is 5.11 Å². The highest BCUT2D eigenvalue weighted by molar-refractivity contribution is 5.81. The summed E-state index contributed by atoms with van der Waals surface area (Å²) >= 11 is 0. The largest absolute Gasteiger partial charge is 0.481 e. The summed E-state index contributed by atoms with van der Waals surface area (Å²) in [5.41, 5.74) is 0.857. The maximum atomic E-state index is 11.2. The van der Waals surface area contributed by atoms with Gasteiger partial charge < -0.3 is 15.7 Å². The maximum absolute atomic E-state index is 11.2. The number of aliphatic carboxylic acids is 1. The van der Waals surface area contributed by atoms with Gasteiger partial charge in [0.2, 0.25) is 5.91 Å². The normalized spacial score (nSPS) is 9.50. The molecule has 86 valence electrons. The summed E-state index contributed by atoms with van der Waals surface area (Å²) < 4.78 is 0. The maximum Gasteiger partial charge on any atom is 0.305 e. The van der Waals surface area contributed by atoms with Crippen LogP contribution in [0, 0.1) is 0 Å². The van der Waals surface area contributed by atoms with Crippen LogP contribution in [0.1, 0.15) is 6.42 Å². The molecule has 0 aliphatic heterocycles. The van der Waals surface area contributed by atoms with Crippen molar-refractivity contribution in [2.24, 2.45) is 0 Å². The molecule has 0 unspecified atom stereocenters. The van der Waals surface area contributed by atoms with Gasteiger partial charge in [-0.1, -0.05) is 18.2 Å². The number of para-hydroxylation sites is 1. The Balaban J connectivity index is 2.18. The highest BCUT2D eigenvalue weighted by atomic mass is 16.4. The van der Waals surface area contributed by atoms with Crippen LogP contribution in [0.2, 0.25) is 0 Å². The highest BCUT2D eigenvalue weighted by Gasteiger charge is 2.01. The number of amides is 1. The summed E-state index contributed by atoms with van der Waals surface area (Å²) in [6.07, 6.45) is -0.0585. The van der Waals surface area contributed by atoms with Crippen LogP contribution in [0.25, 0.3) is 0 Å². The summed E-state index contributed by atoms with van der Waals surface area (Å²) in [6, 6.07) is 9.32. The molecule has 0 fully saturated rings. The van der Waals surface area contributed by atoms with E-state index in [-0.39, 0.29) is 25.4 Å². The van der Waals surface area contributed by atoms with Crippen molar-refractivity contribution in [3.63, 3.8) is 0 Å². The topological polar surface area (TPSA) is 78.4 Å². The summed E-state index contributed by atoms with van der Waals surface area (Å²) in [5.74, 6) is -1.14. The van der Waals surface area contributed by atoms with Crippen molar-refractivity contribution in [2.75, 3.05) is 18.4 Å². The van der Waals surface area contributed by atoms with Crippen molar-refractivity contribution >= 4 is 17.6 Å². The molecule has 1 rings (SSSR count). The molecule has 16 heavy (non-hydrogen) atoms. The average Bonchev–Trinajstić information content (AvgIpc) is 2.27. The third-order valence-corrected chi connectivity index (χ3v) is 1.89. The van der Waals surface area contributed by atoms with Crippen LogP contribution in [0.3, 0.4) is 0 Å². The van der Waals surface area contributed by atoms with Gasteiger partial charge in [0.05, 0.1) is 13.0 Å². The fraction of sp³-hybridized carbons (Fsp3) is 0.273. The number of hydrogen-bond donors (Lipinski definition) is 3. The standard InChI is InChI=1S/C11H14N2O3/c14-10(12-7-6-11(15)16)8-13-9-4-2-1-3-5-9/h1-5,13H,6-8H2,(H,12,14)(H,15,16). The van der Waals surface area contributed by atoms with Crippen molar-refractivity contribution in [3.8, 4) is 0 Å². The molecule has 0 atom stereocenters. The molecule has 1 amide bonds. The molecule has 1 aromatic rings. The number of benzene rings is 1. The number of carboxylic acid groups (broad SMARTS) is 1. The Morgan fingerprint density at radius 3 is 2.50 bits per heavy atom. The summed E-state index contributed by atoms with van der Waals surface area (Å²) in [7, 11) is 0. The summed E-state index contributed by atoms with van der Waals surface area (Å²) in [4.78, 5) is 21.4. The van der Waals surface area contributed by atoms with Crippen molar-refractivity contribution in [3.05, 3.63) is 30.3 Å². The van der Waals surface area contributed by atoms with Gasteiger partial charge in [0, 0.05) is 12.2 Å². The van der Waals surface area contributed by atoms with Crippen molar-refractivity contribution in [1.82, 2.24) is 5.32 Å². The van der Waals surface area contributed by atoms with E-state index >= 15 is 0 Å². The van der Waals surface area contributed by atoms with Crippen molar-refractivity contribution < 1.29 is 14.7 Å². The second-order valence-corrected chi connectivity index (χ2v) is 3.21. The molecule has 0 aliphatic carbocycles. The lowest BCUT2D eigenvalue weighted by atomic mass is 10.3. The third kappa shape index (κ3) is 4.99. The van der Waals surface area contributed by atoms with Gasteiger partial charge in [-0.2, -0.15) is 0 Å². The van der Waals surface area contributed by atoms with Crippen LogP contribution in [0.5, 0.6) is 0 Å². The van der Waals surface area contributed by atoms with Crippen molar-refractivity contribution in [1.29, 1.82) is 0 Å². The first-order valence-corrected chi connectivity index (χ1v) is 4.96. The van der Waals surface area contributed by atoms with Crippen LogP contribution in [0.4, 0.5) is 5.69 Å². The number of carboxylic acids is 1. The zero-order chi connectivity index (χ0) is 11.8. The Bertz CT molecular complexity index is 352. The fourth-order valence-corrected chi connectivity index (χ4v) is 1.11. The number of hydrogen-bond acceptors (Lipinski definition) is 3. The number of carbonyl (C=O) groups excluding carboxylic acids is 1. The zero-order valence-electron chi connectivity index (χ0n) is 8.77. The first-order valence-electron chi connectivity index (χ1n) is 4.96. The van der Waals surface area contributed by atoms with Crippen LogP contribution < -0.4 is 10.6 Å². The number of rotatable bonds is 6. The molecule has 5 heteroatoms. The van der Waals surface area contributed by atoms with E-state index in [0.29, 0.717) is 0 Å². The van der Waals surface area contributed by atoms with Gasteiger partial charge in [-0.05, 0) is 12.1 Å². The first-order chi connectivity index (χ1) is 7.68. The monoisotopic (exact) mass is 222 g/mol. The Kier molecular flexibility index (Phi) is 4.85. The van der Waals surface area contributed by atoms with Gasteiger partial charge in [0.1, 0.15) is 0 Å². The predicted octanol–water partition coefficient (Wildman–Crippen LogP) is 0.689. The lowest BCUT2D eigenvalue weighted by Crippen LogP contribution is -2.31. The van der Waals surface area contributed by atoms with Gasteiger partial charge in [-0.3, -0.25) is 9.59 Å². The van der Waals surface area contributed by atoms with Gasteiger partial charge in [-0.15, -0.1) is 0 Å². The molecule has 5 nitrogen and oxygen atoms in total. The quantitative estimate of drug-likeness (QED) is 0.661. The van der Waals surface area contributed by atoms with Gasteiger partial charge >= 0.3 is 5.97 Å². The van der Waals surface area contributed by atoms with E-state index in [2.05, 4.69) is 10.6 Å². The van der Waals surface area contributed by atoms with E-state index in [9.17, 15) is 9.59 Å². The zero-order valence-corrected chi connectivity index (χ0v) is 8.77. The van der Waals surface area contributed by atoms with Gasteiger partial charge in [0.15, 0.2) is 0 Å². The second-order valence-electron chi connectivity index (χ2n) is 3.21. The molecule has 1 aromatic carbocycles. The van der Waals surface area contributed by atoms with Crippen LogP contribution in [0.15, 0.2) is 30.3 Å². The molecule has 0 saturated carbocycles. The van der Waals surface area contributed by atoms with E-state index in [1.54, 1.807) is 0 Å². The Labute approximate surface area is 93.5 Å². The van der Waals surface area contributed by atoms with Gasteiger partial charge in [0.25, 0.3) is 0 Å². The highest BCUT2D eigenvalue weighted by Crippen LogP contribution is 2.03. The molecule has 0 aromatic heterocycles. The Hall–Kier alpha value is -2.04. The second kappa shape index (κ2) is 6.44. The fourth-order valence-electron chi connectivity index (χ4n) is 1.11. The SMILES string of the molecule is O=C(O)CCNC(=O)CNc1ccccc1. The first kappa shape index (κ1) is 12.0. The van der Waals surface area contributed by atoms with Gasteiger partial charge in [-0.25, -0.2) is 0 Å². The van der Waals surface area contributed by atoms with Crippen LogP contribution in [-0.4, -0.2) is 30.1 Å². The smallest absolute Gasteiger partial charge is 0.305 e. The minimum atomic E-state index is -0.920. The lowest BCUT2D eigenvalue weighted by molar-refractivity contribution is -0.136. The van der Waals surface area contributed by atoms with Crippen LogP contribution >= 0.6 is 0 Å². The molecule has 0 bridgehead atoms. The molecule has 0 saturated heterocycles. The average molecular weight is 222 g/mol. The number of anilines is 1. The molecule has 0 radical (unpaired) electrons. The van der Waals surface area contributed by atoms with Crippen molar-refractivity contribution in [2.45, 2.75) is 6.42 Å². The molecule has 0 heterocycles. The molecular weight excluding hydrogens is 208 g/mol. The van der Waals surface area contributed by atoms with E-state index < -0.39 is 5.97 Å². The molecule has 0 aliphatic rings. The van der Waals surface area contributed by atoms with E-state index in [0.717, 1.165) is 5.69 Å². The molecular formula is C11H14N2O3. The Morgan fingerprint density at radius 2 is 1.88 bits per heavy atom. The lowest BCUT2D eigenvalue weighted by Gasteiger charge is -2.06. The van der Waals surface area contributed by atoms with Crippen LogP contribution in [-0.2, 0) is 9.59 Å². The Morgan fingerprint density at radius 1 is 1.19 bits per heavy atom. The minimum Gasteiger partial charge on any atom is -0.481 e. The minimum absolute atomic E-state index is 0.0585. The third-order valence-electron chi connectivity index (χ3n) is 1.89. The predicted molar refractivity (Wildman–Crippen MR) is 60.2 cm³/mol. The molecule has 0 spiro atoms. The van der Waals surface area contributed by atoms with E-state index in [1.165, 1.54) is 0 Å². The summed E-state index contributed by atoms with van der Waals surface area (Å²) in [5, 5.41) is 13.8. The molecule has 3 N–H and O–H groups in total. The number of nitrogens with one attached hydrogen (secondary N) is 2. The van der Waals surface area contributed by atoms with E-state index in [1.807, 2.05) is 30.3 Å². The number of carbonyl (C=O) groups is 2.